The first-order chi connectivity index (χ1) is 7.79. The van der Waals surface area contributed by atoms with Gasteiger partial charge in [-0.2, -0.15) is 0 Å². The minimum absolute atomic E-state index is 0.164. The lowest BCUT2D eigenvalue weighted by atomic mass is 9.93. The summed E-state index contributed by atoms with van der Waals surface area (Å²) in [5.74, 6) is 0.234. The van der Waals surface area contributed by atoms with E-state index >= 15 is 0 Å². The van der Waals surface area contributed by atoms with Gasteiger partial charge in [0, 0.05) is 31.7 Å². The van der Waals surface area contributed by atoms with Gasteiger partial charge in [-0.1, -0.05) is 30.3 Å². The number of hydrogen-bond acceptors (Lipinski definition) is 3. The van der Waals surface area contributed by atoms with E-state index in [2.05, 4.69) is 29.2 Å². The first kappa shape index (κ1) is 11.6. The van der Waals surface area contributed by atoms with Crippen LogP contribution in [-0.4, -0.2) is 35.7 Å². The lowest BCUT2D eigenvalue weighted by Crippen LogP contribution is -2.48. The molecule has 2 rings (SSSR count). The van der Waals surface area contributed by atoms with Crippen molar-refractivity contribution in [3.05, 3.63) is 35.9 Å². The van der Waals surface area contributed by atoms with E-state index in [1.807, 2.05) is 6.07 Å². The van der Waals surface area contributed by atoms with Crippen molar-refractivity contribution in [2.45, 2.75) is 19.0 Å². The molecule has 3 heteroatoms. The van der Waals surface area contributed by atoms with Crippen LogP contribution in [0, 0.1) is 5.92 Å². The summed E-state index contributed by atoms with van der Waals surface area (Å²) < 4.78 is 0. The van der Waals surface area contributed by atoms with Crippen LogP contribution in [0.3, 0.4) is 0 Å². The highest BCUT2D eigenvalue weighted by Gasteiger charge is 2.25. The quantitative estimate of drug-likeness (QED) is 0.793. The summed E-state index contributed by atoms with van der Waals surface area (Å²) in [7, 11) is 0. The van der Waals surface area contributed by atoms with Gasteiger partial charge in [0.2, 0.25) is 0 Å². The van der Waals surface area contributed by atoms with Crippen molar-refractivity contribution in [2.24, 2.45) is 11.7 Å². The summed E-state index contributed by atoms with van der Waals surface area (Å²) in [6, 6.07) is 10.6. The number of benzene rings is 1. The Hall–Kier alpha value is -0.900. The Morgan fingerprint density at radius 3 is 2.75 bits per heavy atom. The molecule has 1 aromatic carbocycles. The highest BCUT2D eigenvalue weighted by atomic mass is 16.3. The second kappa shape index (κ2) is 5.43. The molecular formula is C13H20N2O. The Balaban J connectivity index is 1.92. The molecule has 1 heterocycles. The minimum Gasteiger partial charge on any atom is -0.396 e. The van der Waals surface area contributed by atoms with Gasteiger partial charge in [-0.15, -0.1) is 0 Å². The lowest BCUT2D eigenvalue weighted by molar-refractivity contribution is 0.0992. The Kier molecular flexibility index (Phi) is 3.93. The number of nitrogens with zero attached hydrogens (tertiary/aromatic N) is 1. The standard InChI is InChI=1S/C13H20N2O/c14-13-6-7-15(9-12(13)10-16)8-11-4-2-1-3-5-11/h1-5,12-13,16H,6-10,14H2. The molecule has 0 spiro atoms. The van der Waals surface area contributed by atoms with Crippen molar-refractivity contribution < 1.29 is 5.11 Å². The molecule has 1 aromatic rings. The molecule has 16 heavy (non-hydrogen) atoms. The summed E-state index contributed by atoms with van der Waals surface area (Å²) in [4.78, 5) is 2.37. The van der Waals surface area contributed by atoms with Gasteiger partial charge < -0.3 is 10.8 Å². The highest BCUT2D eigenvalue weighted by molar-refractivity contribution is 5.14. The summed E-state index contributed by atoms with van der Waals surface area (Å²) in [6.07, 6.45) is 0.984. The predicted molar refractivity (Wildman–Crippen MR) is 64.9 cm³/mol. The molecule has 1 saturated heterocycles. The molecule has 2 unspecified atom stereocenters. The number of aliphatic hydroxyl groups excluding tert-OH is 1. The fourth-order valence-electron chi connectivity index (χ4n) is 2.30. The van der Waals surface area contributed by atoms with Crippen LogP contribution < -0.4 is 5.73 Å². The van der Waals surface area contributed by atoms with Gasteiger partial charge >= 0.3 is 0 Å². The summed E-state index contributed by atoms with van der Waals surface area (Å²) >= 11 is 0. The third kappa shape index (κ3) is 2.82. The van der Waals surface area contributed by atoms with Crippen LogP contribution in [0.2, 0.25) is 0 Å². The van der Waals surface area contributed by atoms with Gasteiger partial charge in [0.05, 0.1) is 0 Å². The van der Waals surface area contributed by atoms with Gasteiger partial charge in [-0.3, -0.25) is 4.90 Å². The average Bonchev–Trinajstić information content (AvgIpc) is 2.33. The van der Waals surface area contributed by atoms with Gasteiger partial charge in [0.1, 0.15) is 0 Å². The molecular weight excluding hydrogens is 200 g/mol. The molecule has 0 radical (unpaired) electrons. The molecule has 0 bridgehead atoms. The number of likely N-dealkylation sites (tertiary alicyclic amines) is 1. The number of hydrogen-bond donors (Lipinski definition) is 2. The molecule has 0 saturated carbocycles. The second-order valence-electron chi connectivity index (χ2n) is 4.62. The monoisotopic (exact) mass is 220 g/mol. The molecule has 1 fully saturated rings. The first-order valence-electron chi connectivity index (χ1n) is 5.92. The topological polar surface area (TPSA) is 49.5 Å². The number of piperidine rings is 1. The van der Waals surface area contributed by atoms with E-state index in [0.29, 0.717) is 0 Å². The third-order valence-corrected chi connectivity index (χ3v) is 3.36. The van der Waals surface area contributed by atoms with E-state index in [-0.39, 0.29) is 18.6 Å². The van der Waals surface area contributed by atoms with Crippen molar-refractivity contribution in [3.63, 3.8) is 0 Å². The van der Waals surface area contributed by atoms with Crippen LogP contribution in [-0.2, 0) is 6.54 Å². The summed E-state index contributed by atoms with van der Waals surface area (Å²) in [5, 5.41) is 9.24. The van der Waals surface area contributed by atoms with Crippen molar-refractivity contribution in [3.8, 4) is 0 Å². The SMILES string of the molecule is NC1CCN(Cc2ccccc2)CC1CO. The summed E-state index contributed by atoms with van der Waals surface area (Å²) in [5.41, 5.74) is 7.29. The maximum absolute atomic E-state index is 9.24. The lowest BCUT2D eigenvalue weighted by Gasteiger charge is -2.36. The van der Waals surface area contributed by atoms with Gasteiger partial charge in [0.15, 0.2) is 0 Å². The van der Waals surface area contributed by atoms with Crippen LogP contribution in [0.25, 0.3) is 0 Å². The predicted octanol–water partition coefficient (Wildman–Crippen LogP) is 0.828. The van der Waals surface area contributed by atoms with Crippen LogP contribution >= 0.6 is 0 Å². The van der Waals surface area contributed by atoms with Crippen LogP contribution in [0.5, 0.6) is 0 Å². The van der Waals surface area contributed by atoms with Crippen molar-refractivity contribution in [2.75, 3.05) is 19.7 Å². The highest BCUT2D eigenvalue weighted by Crippen LogP contribution is 2.17. The van der Waals surface area contributed by atoms with E-state index in [1.165, 1.54) is 5.56 Å². The molecule has 0 aromatic heterocycles. The van der Waals surface area contributed by atoms with E-state index in [9.17, 15) is 5.11 Å². The Labute approximate surface area is 96.9 Å². The largest absolute Gasteiger partial charge is 0.396 e. The van der Waals surface area contributed by atoms with E-state index in [4.69, 9.17) is 5.73 Å². The van der Waals surface area contributed by atoms with Crippen LogP contribution in [0.1, 0.15) is 12.0 Å². The molecule has 88 valence electrons. The molecule has 0 aliphatic carbocycles. The Bertz CT molecular complexity index is 315. The zero-order valence-corrected chi connectivity index (χ0v) is 9.55. The molecule has 1 aliphatic rings. The maximum atomic E-state index is 9.24. The zero-order chi connectivity index (χ0) is 11.4. The van der Waals surface area contributed by atoms with Crippen molar-refractivity contribution in [1.29, 1.82) is 0 Å². The van der Waals surface area contributed by atoms with E-state index in [1.54, 1.807) is 0 Å². The third-order valence-electron chi connectivity index (χ3n) is 3.36. The van der Waals surface area contributed by atoms with Gasteiger partial charge in [-0.25, -0.2) is 0 Å². The summed E-state index contributed by atoms with van der Waals surface area (Å²) in [6.45, 7) is 3.11. The maximum Gasteiger partial charge on any atom is 0.0486 e. The van der Waals surface area contributed by atoms with Crippen molar-refractivity contribution in [1.82, 2.24) is 4.90 Å². The van der Waals surface area contributed by atoms with Crippen LogP contribution in [0.15, 0.2) is 30.3 Å². The molecule has 3 N–H and O–H groups in total. The van der Waals surface area contributed by atoms with E-state index in [0.717, 1.165) is 26.1 Å². The number of aliphatic hydroxyl groups is 1. The smallest absolute Gasteiger partial charge is 0.0486 e. The van der Waals surface area contributed by atoms with Crippen LogP contribution in [0.4, 0.5) is 0 Å². The van der Waals surface area contributed by atoms with E-state index < -0.39 is 0 Å². The minimum atomic E-state index is 0.164. The number of rotatable bonds is 3. The molecule has 2 atom stereocenters. The second-order valence-corrected chi connectivity index (χ2v) is 4.62. The van der Waals surface area contributed by atoms with Gasteiger partial charge in [0.25, 0.3) is 0 Å². The molecule has 0 amide bonds. The Morgan fingerprint density at radius 2 is 2.06 bits per heavy atom. The number of nitrogens with two attached hydrogens (primary N) is 1. The Morgan fingerprint density at radius 1 is 1.31 bits per heavy atom. The van der Waals surface area contributed by atoms with Gasteiger partial charge in [-0.05, 0) is 18.5 Å². The normalized spacial score (nSPS) is 26.9. The fraction of sp³-hybridized carbons (Fsp3) is 0.538. The molecule has 3 nitrogen and oxygen atoms in total. The first-order valence-corrected chi connectivity index (χ1v) is 5.92. The average molecular weight is 220 g/mol. The fourth-order valence-corrected chi connectivity index (χ4v) is 2.30. The zero-order valence-electron chi connectivity index (χ0n) is 9.55. The molecule has 1 aliphatic heterocycles. The van der Waals surface area contributed by atoms with Crippen molar-refractivity contribution >= 4 is 0 Å².